The van der Waals surface area contributed by atoms with Crippen molar-refractivity contribution < 1.29 is 4.74 Å². The molecule has 1 heterocycles. The highest BCUT2D eigenvalue weighted by Crippen LogP contribution is 2.33. The molecule has 1 aromatic heterocycles. The number of pyridine rings is 1. The summed E-state index contributed by atoms with van der Waals surface area (Å²) in [5.41, 5.74) is 8.60. The Morgan fingerprint density at radius 2 is 1.84 bits per heavy atom. The molecule has 0 atom stereocenters. The van der Waals surface area contributed by atoms with E-state index >= 15 is 0 Å². The van der Waals surface area contributed by atoms with Crippen molar-refractivity contribution in [1.29, 1.82) is 0 Å². The molecule has 3 nitrogen and oxygen atoms in total. The van der Waals surface area contributed by atoms with Gasteiger partial charge in [0, 0.05) is 11.6 Å². The number of nitrogens with two attached hydrogens (primary N) is 1. The van der Waals surface area contributed by atoms with E-state index in [4.69, 9.17) is 10.5 Å². The summed E-state index contributed by atoms with van der Waals surface area (Å²) in [5, 5.41) is 0. The largest absolute Gasteiger partial charge is 0.439 e. The summed E-state index contributed by atoms with van der Waals surface area (Å²) in [5.74, 6) is 1.41. The van der Waals surface area contributed by atoms with E-state index in [9.17, 15) is 0 Å². The van der Waals surface area contributed by atoms with Crippen molar-refractivity contribution >= 4 is 5.69 Å². The number of benzene rings is 1. The fraction of sp³-hybridized carbons (Fsp3) is 0.312. The second-order valence-electron chi connectivity index (χ2n) is 5.73. The molecule has 0 aliphatic carbocycles. The number of aryl methyl sites for hydroxylation is 1. The first kappa shape index (κ1) is 13.4. The highest BCUT2D eigenvalue weighted by molar-refractivity contribution is 5.47. The molecule has 0 saturated heterocycles. The number of hydrogen-bond donors (Lipinski definition) is 1. The van der Waals surface area contributed by atoms with E-state index in [-0.39, 0.29) is 5.41 Å². The molecule has 0 amide bonds. The van der Waals surface area contributed by atoms with Gasteiger partial charge in [-0.05, 0) is 24.0 Å². The Labute approximate surface area is 114 Å². The van der Waals surface area contributed by atoms with Gasteiger partial charge in [0.15, 0.2) is 0 Å². The second kappa shape index (κ2) is 4.92. The van der Waals surface area contributed by atoms with Crippen LogP contribution in [0, 0.1) is 6.92 Å². The molecule has 0 unspecified atom stereocenters. The zero-order valence-electron chi connectivity index (χ0n) is 11.9. The molecule has 19 heavy (non-hydrogen) atoms. The van der Waals surface area contributed by atoms with Crippen LogP contribution in [-0.4, -0.2) is 4.98 Å². The topological polar surface area (TPSA) is 48.1 Å². The summed E-state index contributed by atoms with van der Waals surface area (Å²) in [4.78, 5) is 4.21. The van der Waals surface area contributed by atoms with Crippen LogP contribution in [0.3, 0.4) is 0 Å². The first-order valence-corrected chi connectivity index (χ1v) is 6.37. The van der Waals surface area contributed by atoms with Gasteiger partial charge in [-0.2, -0.15) is 0 Å². The van der Waals surface area contributed by atoms with Crippen molar-refractivity contribution in [3.63, 3.8) is 0 Å². The molecule has 0 aliphatic rings. The van der Waals surface area contributed by atoms with Crippen molar-refractivity contribution in [2.45, 2.75) is 33.1 Å². The average Bonchev–Trinajstić information content (AvgIpc) is 2.33. The maximum absolute atomic E-state index is 5.91. The Bertz CT molecular complexity index is 586. The number of para-hydroxylation sites is 1. The predicted molar refractivity (Wildman–Crippen MR) is 78.6 cm³/mol. The van der Waals surface area contributed by atoms with Gasteiger partial charge in [0.05, 0.1) is 11.9 Å². The van der Waals surface area contributed by atoms with Crippen LogP contribution < -0.4 is 10.5 Å². The van der Waals surface area contributed by atoms with Gasteiger partial charge in [-0.1, -0.05) is 39.0 Å². The molecule has 0 bridgehead atoms. The molecule has 0 radical (unpaired) electrons. The van der Waals surface area contributed by atoms with E-state index < -0.39 is 0 Å². The quantitative estimate of drug-likeness (QED) is 0.881. The summed E-state index contributed by atoms with van der Waals surface area (Å²) in [6, 6.07) is 9.89. The van der Waals surface area contributed by atoms with Gasteiger partial charge in [0.2, 0.25) is 5.88 Å². The summed E-state index contributed by atoms with van der Waals surface area (Å²) in [6.45, 7) is 8.43. The Balaban J connectivity index is 2.36. The van der Waals surface area contributed by atoms with Gasteiger partial charge in [-0.15, -0.1) is 0 Å². The van der Waals surface area contributed by atoms with E-state index in [1.807, 2.05) is 31.2 Å². The number of anilines is 1. The lowest BCUT2D eigenvalue weighted by atomic mass is 9.86. The van der Waals surface area contributed by atoms with Gasteiger partial charge in [-0.25, -0.2) is 4.98 Å². The van der Waals surface area contributed by atoms with E-state index in [0.29, 0.717) is 11.6 Å². The van der Waals surface area contributed by atoms with Gasteiger partial charge >= 0.3 is 0 Å². The lowest BCUT2D eigenvalue weighted by Crippen LogP contribution is -2.12. The minimum atomic E-state index is 0.0272. The average molecular weight is 256 g/mol. The van der Waals surface area contributed by atoms with Crippen LogP contribution in [0.4, 0.5) is 5.69 Å². The monoisotopic (exact) mass is 256 g/mol. The van der Waals surface area contributed by atoms with Crippen molar-refractivity contribution in [1.82, 2.24) is 4.98 Å². The van der Waals surface area contributed by atoms with Crippen LogP contribution in [0.15, 0.2) is 36.5 Å². The lowest BCUT2D eigenvalue weighted by molar-refractivity contribution is 0.439. The third-order valence-corrected chi connectivity index (χ3v) is 3.04. The van der Waals surface area contributed by atoms with E-state index in [1.165, 1.54) is 0 Å². The highest BCUT2D eigenvalue weighted by Gasteiger charge is 2.19. The molecule has 0 saturated carbocycles. The normalized spacial score (nSPS) is 11.4. The standard InChI is InChI=1S/C16H20N2O/c1-11-9-15(18-10-13(11)17)19-14-8-6-5-7-12(14)16(2,3)4/h5-10H,17H2,1-4H3. The summed E-state index contributed by atoms with van der Waals surface area (Å²) < 4.78 is 5.91. The van der Waals surface area contributed by atoms with Crippen molar-refractivity contribution in [2.75, 3.05) is 5.73 Å². The third-order valence-electron chi connectivity index (χ3n) is 3.04. The number of rotatable bonds is 2. The molecular weight excluding hydrogens is 236 g/mol. The highest BCUT2D eigenvalue weighted by atomic mass is 16.5. The van der Waals surface area contributed by atoms with Gasteiger partial charge in [-0.3, -0.25) is 0 Å². The first-order chi connectivity index (χ1) is 8.88. The van der Waals surface area contributed by atoms with Crippen LogP contribution >= 0.6 is 0 Å². The van der Waals surface area contributed by atoms with Crippen LogP contribution in [0.5, 0.6) is 11.6 Å². The molecular formula is C16H20N2O. The van der Waals surface area contributed by atoms with Gasteiger partial charge in [0.25, 0.3) is 0 Å². The smallest absolute Gasteiger partial charge is 0.219 e. The third kappa shape index (κ3) is 3.05. The molecule has 2 aromatic rings. The zero-order chi connectivity index (χ0) is 14.0. The molecule has 3 heteroatoms. The molecule has 100 valence electrons. The number of hydrogen-bond acceptors (Lipinski definition) is 3. The maximum Gasteiger partial charge on any atom is 0.219 e. The predicted octanol–water partition coefficient (Wildman–Crippen LogP) is 4.06. The molecule has 2 rings (SSSR count). The van der Waals surface area contributed by atoms with E-state index in [1.54, 1.807) is 6.20 Å². The molecule has 0 aliphatic heterocycles. The number of nitrogen functional groups attached to an aromatic ring is 1. The Kier molecular flexibility index (Phi) is 3.47. The summed E-state index contributed by atoms with van der Waals surface area (Å²) in [7, 11) is 0. The van der Waals surface area contributed by atoms with Crippen molar-refractivity contribution in [3.05, 3.63) is 47.7 Å². The Morgan fingerprint density at radius 3 is 2.47 bits per heavy atom. The summed E-state index contributed by atoms with van der Waals surface area (Å²) >= 11 is 0. The second-order valence-corrected chi connectivity index (χ2v) is 5.73. The molecule has 0 fully saturated rings. The number of nitrogens with zero attached hydrogens (tertiary/aromatic N) is 1. The lowest BCUT2D eigenvalue weighted by Gasteiger charge is -2.22. The molecule has 0 spiro atoms. The van der Waals surface area contributed by atoms with E-state index in [2.05, 4.69) is 31.8 Å². The van der Waals surface area contributed by atoms with Crippen molar-refractivity contribution in [3.8, 4) is 11.6 Å². The Hall–Kier alpha value is -2.03. The number of aromatic nitrogens is 1. The minimum Gasteiger partial charge on any atom is -0.439 e. The fourth-order valence-corrected chi connectivity index (χ4v) is 1.88. The number of ether oxygens (including phenoxy) is 1. The van der Waals surface area contributed by atoms with Crippen LogP contribution in [0.2, 0.25) is 0 Å². The Morgan fingerprint density at radius 1 is 1.16 bits per heavy atom. The molecule has 1 aromatic carbocycles. The SMILES string of the molecule is Cc1cc(Oc2ccccc2C(C)(C)C)ncc1N. The minimum absolute atomic E-state index is 0.0272. The van der Waals surface area contributed by atoms with Crippen LogP contribution in [0.1, 0.15) is 31.9 Å². The van der Waals surface area contributed by atoms with Crippen LogP contribution in [-0.2, 0) is 5.41 Å². The van der Waals surface area contributed by atoms with Gasteiger partial charge in [0.1, 0.15) is 5.75 Å². The van der Waals surface area contributed by atoms with Crippen molar-refractivity contribution in [2.24, 2.45) is 0 Å². The maximum atomic E-state index is 5.91. The van der Waals surface area contributed by atoms with E-state index in [0.717, 1.165) is 16.9 Å². The first-order valence-electron chi connectivity index (χ1n) is 6.37. The van der Waals surface area contributed by atoms with Gasteiger partial charge < -0.3 is 10.5 Å². The molecule has 2 N–H and O–H groups in total. The zero-order valence-corrected chi connectivity index (χ0v) is 11.9. The summed E-state index contributed by atoms with van der Waals surface area (Å²) in [6.07, 6.45) is 1.63. The fourth-order valence-electron chi connectivity index (χ4n) is 1.88. The van der Waals surface area contributed by atoms with Crippen LogP contribution in [0.25, 0.3) is 0 Å².